The summed E-state index contributed by atoms with van der Waals surface area (Å²) in [4.78, 5) is 22.6. The van der Waals surface area contributed by atoms with Crippen LogP contribution in [-0.4, -0.2) is 25.5 Å². The quantitative estimate of drug-likeness (QED) is 0.755. The Morgan fingerprint density at radius 3 is 2.65 bits per heavy atom. The van der Waals surface area contributed by atoms with Crippen LogP contribution in [0.4, 0.5) is 15.8 Å². The van der Waals surface area contributed by atoms with E-state index in [1.54, 1.807) is 7.11 Å². The Balaban J connectivity index is 2.54. The van der Waals surface area contributed by atoms with Crippen LogP contribution in [0.25, 0.3) is 0 Å². The van der Waals surface area contributed by atoms with Gasteiger partial charge in [0.05, 0.1) is 5.69 Å². The van der Waals surface area contributed by atoms with Gasteiger partial charge in [0, 0.05) is 32.7 Å². The average Bonchev–Trinajstić information content (AvgIpc) is 2.38. The van der Waals surface area contributed by atoms with E-state index >= 15 is 0 Å². The van der Waals surface area contributed by atoms with Gasteiger partial charge in [-0.15, -0.1) is 0 Å². The molecule has 5 nitrogen and oxygen atoms in total. The topological polar surface area (TPSA) is 67.4 Å². The summed E-state index contributed by atoms with van der Waals surface area (Å²) in [5.74, 6) is -1.06. The van der Waals surface area contributed by atoms with Crippen molar-refractivity contribution in [1.29, 1.82) is 0 Å². The Bertz CT molecular complexity index is 477. The van der Waals surface area contributed by atoms with Crippen LogP contribution < -0.4 is 10.6 Å². The minimum absolute atomic E-state index is 0.0506. The molecule has 0 aromatic heterocycles. The van der Waals surface area contributed by atoms with Gasteiger partial charge in [0.1, 0.15) is 5.82 Å². The number of ether oxygens (including phenoxy) is 1. The van der Waals surface area contributed by atoms with E-state index in [1.165, 1.54) is 25.1 Å². The van der Waals surface area contributed by atoms with Gasteiger partial charge in [-0.25, -0.2) is 4.39 Å². The second-order valence-electron chi connectivity index (χ2n) is 4.37. The fourth-order valence-electron chi connectivity index (χ4n) is 1.64. The Labute approximate surface area is 117 Å². The van der Waals surface area contributed by atoms with Crippen LogP contribution in [0, 0.1) is 5.82 Å². The molecule has 1 aromatic carbocycles. The highest BCUT2D eigenvalue weighted by Crippen LogP contribution is 2.19. The largest absolute Gasteiger partial charge is 0.385 e. The van der Waals surface area contributed by atoms with Crippen LogP contribution in [0.2, 0.25) is 0 Å². The normalized spacial score (nSPS) is 10.2. The van der Waals surface area contributed by atoms with Gasteiger partial charge in [0.15, 0.2) is 0 Å². The summed E-state index contributed by atoms with van der Waals surface area (Å²) in [7, 11) is 1.61. The first-order valence-electron chi connectivity index (χ1n) is 6.39. The average molecular weight is 282 g/mol. The maximum Gasteiger partial charge on any atom is 0.224 e. The Morgan fingerprint density at radius 2 is 2.00 bits per heavy atom. The first-order valence-corrected chi connectivity index (χ1v) is 6.39. The number of carbonyl (C=O) groups excluding carboxylic acids is 2. The predicted octanol–water partition coefficient (Wildman–Crippen LogP) is 2.54. The molecule has 6 heteroatoms. The number of hydrogen-bond donors (Lipinski definition) is 2. The Kier molecular flexibility index (Phi) is 6.66. The summed E-state index contributed by atoms with van der Waals surface area (Å²) < 4.78 is 18.3. The first kappa shape index (κ1) is 16.1. The van der Waals surface area contributed by atoms with E-state index in [9.17, 15) is 14.0 Å². The van der Waals surface area contributed by atoms with E-state index in [0.717, 1.165) is 12.8 Å². The van der Waals surface area contributed by atoms with E-state index in [4.69, 9.17) is 4.74 Å². The molecule has 2 N–H and O–H groups in total. The number of halogens is 1. The van der Waals surface area contributed by atoms with Crippen LogP contribution >= 0.6 is 0 Å². The molecule has 0 aliphatic carbocycles. The molecular weight excluding hydrogens is 263 g/mol. The summed E-state index contributed by atoms with van der Waals surface area (Å²) in [5, 5.41) is 5.03. The molecule has 0 spiro atoms. The zero-order chi connectivity index (χ0) is 15.0. The number of rotatable bonds is 7. The molecule has 0 heterocycles. The van der Waals surface area contributed by atoms with E-state index < -0.39 is 5.82 Å². The third-order valence-corrected chi connectivity index (χ3v) is 2.56. The van der Waals surface area contributed by atoms with Crippen molar-refractivity contribution >= 4 is 23.2 Å². The van der Waals surface area contributed by atoms with Gasteiger partial charge in [0.2, 0.25) is 11.8 Å². The minimum Gasteiger partial charge on any atom is -0.385 e. The van der Waals surface area contributed by atoms with Gasteiger partial charge >= 0.3 is 0 Å². The third-order valence-electron chi connectivity index (χ3n) is 2.56. The predicted molar refractivity (Wildman–Crippen MR) is 75.1 cm³/mol. The Morgan fingerprint density at radius 1 is 1.25 bits per heavy atom. The van der Waals surface area contributed by atoms with Gasteiger partial charge in [0.25, 0.3) is 0 Å². The van der Waals surface area contributed by atoms with E-state index in [0.29, 0.717) is 18.7 Å². The van der Waals surface area contributed by atoms with Crippen molar-refractivity contribution in [2.24, 2.45) is 0 Å². The van der Waals surface area contributed by atoms with E-state index in [-0.39, 0.29) is 17.5 Å². The number of unbranched alkanes of at least 4 members (excludes halogenated alkanes) is 1. The fraction of sp³-hybridized carbons (Fsp3) is 0.429. The number of anilines is 2. The second kappa shape index (κ2) is 8.27. The summed E-state index contributed by atoms with van der Waals surface area (Å²) >= 11 is 0. The smallest absolute Gasteiger partial charge is 0.224 e. The molecule has 0 aliphatic rings. The molecule has 0 saturated heterocycles. The lowest BCUT2D eigenvalue weighted by Crippen LogP contribution is -2.13. The lowest BCUT2D eigenvalue weighted by Gasteiger charge is -2.09. The fourth-order valence-corrected chi connectivity index (χ4v) is 1.64. The molecule has 1 aromatic rings. The van der Waals surface area contributed by atoms with Crippen LogP contribution in [-0.2, 0) is 14.3 Å². The van der Waals surface area contributed by atoms with Crippen molar-refractivity contribution in [1.82, 2.24) is 0 Å². The van der Waals surface area contributed by atoms with Gasteiger partial charge in [-0.05, 0) is 31.0 Å². The zero-order valence-electron chi connectivity index (χ0n) is 11.7. The maximum absolute atomic E-state index is 13.4. The van der Waals surface area contributed by atoms with Crippen molar-refractivity contribution in [2.45, 2.75) is 26.2 Å². The monoisotopic (exact) mass is 282 g/mol. The molecule has 0 radical (unpaired) electrons. The third kappa shape index (κ3) is 5.79. The summed E-state index contributed by atoms with van der Waals surface area (Å²) in [5.41, 5.74) is 0.501. The molecule has 20 heavy (non-hydrogen) atoms. The Hall–Kier alpha value is -1.95. The number of nitrogens with one attached hydrogen (secondary N) is 2. The second-order valence-corrected chi connectivity index (χ2v) is 4.37. The van der Waals surface area contributed by atoms with Crippen molar-refractivity contribution in [3.63, 3.8) is 0 Å². The SMILES string of the molecule is COCCCCC(=O)Nc1ccc(F)c(NC(C)=O)c1. The molecule has 1 rings (SSSR count). The standard InChI is InChI=1S/C14H19FN2O3/c1-10(18)16-13-9-11(6-7-12(13)15)17-14(19)5-3-4-8-20-2/h6-7,9H,3-5,8H2,1-2H3,(H,16,18)(H,17,19). The number of hydrogen-bond acceptors (Lipinski definition) is 3. The molecule has 2 amide bonds. The molecule has 0 aliphatic heterocycles. The summed E-state index contributed by atoms with van der Waals surface area (Å²) in [6.45, 7) is 1.91. The molecule has 0 atom stereocenters. The van der Waals surface area contributed by atoms with Crippen molar-refractivity contribution < 1.29 is 18.7 Å². The van der Waals surface area contributed by atoms with Crippen molar-refractivity contribution in [3.05, 3.63) is 24.0 Å². The zero-order valence-corrected chi connectivity index (χ0v) is 11.7. The number of methoxy groups -OCH3 is 1. The van der Waals surface area contributed by atoms with Crippen LogP contribution in [0.15, 0.2) is 18.2 Å². The molecule has 110 valence electrons. The molecular formula is C14H19FN2O3. The molecule has 0 fully saturated rings. The van der Waals surface area contributed by atoms with Crippen LogP contribution in [0.3, 0.4) is 0 Å². The summed E-state index contributed by atoms with van der Waals surface area (Å²) in [6.07, 6.45) is 1.90. The highest BCUT2D eigenvalue weighted by molar-refractivity contribution is 5.93. The van der Waals surface area contributed by atoms with Crippen molar-refractivity contribution in [3.8, 4) is 0 Å². The van der Waals surface area contributed by atoms with Gasteiger partial charge in [-0.3, -0.25) is 9.59 Å². The minimum atomic E-state index is -0.543. The van der Waals surface area contributed by atoms with E-state index in [1.807, 2.05) is 0 Å². The first-order chi connectivity index (χ1) is 9.52. The number of carbonyl (C=O) groups is 2. The molecule has 0 unspecified atom stereocenters. The maximum atomic E-state index is 13.4. The number of amides is 2. The number of benzene rings is 1. The van der Waals surface area contributed by atoms with Gasteiger partial charge in [-0.1, -0.05) is 0 Å². The van der Waals surface area contributed by atoms with Crippen LogP contribution in [0.5, 0.6) is 0 Å². The highest BCUT2D eigenvalue weighted by atomic mass is 19.1. The van der Waals surface area contributed by atoms with E-state index in [2.05, 4.69) is 10.6 Å². The summed E-state index contributed by atoms with van der Waals surface area (Å²) in [6, 6.07) is 4.04. The van der Waals surface area contributed by atoms with Gasteiger partial charge in [-0.2, -0.15) is 0 Å². The van der Waals surface area contributed by atoms with Crippen LogP contribution in [0.1, 0.15) is 26.2 Å². The molecule has 0 bridgehead atoms. The van der Waals surface area contributed by atoms with Crippen molar-refractivity contribution in [2.75, 3.05) is 24.4 Å². The molecule has 0 saturated carbocycles. The lowest BCUT2D eigenvalue weighted by atomic mass is 10.2. The van der Waals surface area contributed by atoms with Gasteiger partial charge < -0.3 is 15.4 Å². The highest BCUT2D eigenvalue weighted by Gasteiger charge is 2.07. The lowest BCUT2D eigenvalue weighted by molar-refractivity contribution is -0.116.